The summed E-state index contributed by atoms with van der Waals surface area (Å²) >= 11 is 9.75. The summed E-state index contributed by atoms with van der Waals surface area (Å²) in [5, 5.41) is 16.1. The van der Waals surface area contributed by atoms with Crippen LogP contribution in [0.5, 0.6) is 0 Å². The van der Waals surface area contributed by atoms with E-state index in [-0.39, 0.29) is 40.7 Å². The molecular weight excluding hydrogens is 706 g/mol. The predicted octanol–water partition coefficient (Wildman–Crippen LogP) is 0.290. The number of nitrogen functional groups attached to an aromatic ring is 2. The molecule has 6 rings (SSSR count). The van der Waals surface area contributed by atoms with E-state index in [1.165, 1.54) is 10.9 Å². The highest BCUT2D eigenvalue weighted by Crippen LogP contribution is 2.55. The Morgan fingerprint density at radius 2 is 2.00 bits per heavy atom. The number of hydrogen-bond acceptors (Lipinski definition) is 17. The van der Waals surface area contributed by atoms with Crippen LogP contribution in [0.3, 0.4) is 0 Å². The van der Waals surface area contributed by atoms with Crippen molar-refractivity contribution in [1.82, 2.24) is 44.5 Å². The summed E-state index contributed by atoms with van der Waals surface area (Å²) in [6.07, 6.45) is -7.85. The van der Waals surface area contributed by atoms with E-state index in [1.54, 1.807) is 0 Å². The molecule has 2 unspecified atom stereocenters. The minimum absolute atomic E-state index is 0.00395. The van der Waals surface area contributed by atoms with Crippen molar-refractivity contribution in [2.75, 3.05) is 24.7 Å². The largest absolute Gasteiger partial charge is 0.582 e. The average molecular weight is 729 g/mol. The molecule has 7 N–H and O–H groups in total. The number of nitrogens with one attached hydrogen (secondary N) is 1. The van der Waals surface area contributed by atoms with E-state index in [4.69, 9.17) is 41.6 Å². The van der Waals surface area contributed by atoms with E-state index in [0.717, 1.165) is 22.8 Å². The molecule has 2 aliphatic heterocycles. The SMILES string of the molecule is Nc1nc2c(ncn2[C@@H]2S[C@H](CO[P+](=O)S)[C@@H](F)[C@H]2OP(O)(=S)OC[C@H]2O[C@@H](n3nnc4c(N)ncnc43)[C@@H](F)[C@@H]2O)c(=O)[nH]1. The summed E-state index contributed by atoms with van der Waals surface area (Å²) in [4.78, 5) is 41.4. The third-order valence-corrected chi connectivity index (χ3v) is 10.6. The Balaban J connectivity index is 1.20. The average Bonchev–Trinajstić information content (AvgIpc) is 3.73. The lowest BCUT2D eigenvalue weighted by molar-refractivity contribution is -0.0511. The molecule has 6 heterocycles. The lowest BCUT2D eigenvalue weighted by Crippen LogP contribution is -2.33. The summed E-state index contributed by atoms with van der Waals surface area (Å²) < 4.78 is 66.3. The van der Waals surface area contributed by atoms with Crippen LogP contribution in [0.15, 0.2) is 17.4 Å². The molecule has 0 spiro atoms. The summed E-state index contributed by atoms with van der Waals surface area (Å²) in [6.45, 7) is -5.39. The molecule has 0 aromatic carbocycles. The molecule has 10 atom stereocenters. The molecule has 242 valence electrons. The van der Waals surface area contributed by atoms with Crippen molar-refractivity contribution in [3.05, 3.63) is 23.0 Å². The molecule has 0 aliphatic carbocycles. The van der Waals surface area contributed by atoms with Crippen LogP contribution in [0.4, 0.5) is 20.5 Å². The molecule has 2 aliphatic rings. The fourth-order valence-corrected chi connectivity index (χ4v) is 8.32. The highest BCUT2D eigenvalue weighted by Gasteiger charge is 2.51. The minimum Gasteiger partial charge on any atom is -0.387 e. The smallest absolute Gasteiger partial charge is 0.387 e. The van der Waals surface area contributed by atoms with E-state index >= 15 is 8.78 Å². The summed E-state index contributed by atoms with van der Waals surface area (Å²) in [5.41, 5.74) is 10.8. The van der Waals surface area contributed by atoms with Crippen LogP contribution in [-0.4, -0.2) is 104 Å². The van der Waals surface area contributed by atoms with Crippen LogP contribution in [0.2, 0.25) is 0 Å². The number of nitrogens with two attached hydrogens (primary N) is 2. The molecule has 0 bridgehead atoms. The number of anilines is 2. The van der Waals surface area contributed by atoms with E-state index < -0.39 is 73.6 Å². The van der Waals surface area contributed by atoms with Crippen molar-refractivity contribution in [1.29, 1.82) is 0 Å². The topological polar surface area (TPSA) is 267 Å². The van der Waals surface area contributed by atoms with Crippen molar-refractivity contribution in [3.63, 3.8) is 0 Å². The summed E-state index contributed by atoms with van der Waals surface area (Å²) in [6, 6.07) is 0. The van der Waals surface area contributed by atoms with Gasteiger partial charge in [-0.1, -0.05) is 5.21 Å². The Bertz CT molecular complexity index is 1870. The van der Waals surface area contributed by atoms with Crippen molar-refractivity contribution >= 4 is 83.9 Å². The molecule has 45 heavy (non-hydrogen) atoms. The van der Waals surface area contributed by atoms with E-state index in [0.29, 0.717) is 0 Å². The molecule has 4 aromatic heterocycles. The van der Waals surface area contributed by atoms with Crippen LogP contribution < -0.4 is 17.0 Å². The van der Waals surface area contributed by atoms with Gasteiger partial charge < -0.3 is 30.7 Å². The van der Waals surface area contributed by atoms with E-state index in [9.17, 15) is 19.4 Å². The van der Waals surface area contributed by atoms with Crippen molar-refractivity contribution < 1.29 is 41.7 Å². The van der Waals surface area contributed by atoms with Crippen molar-refractivity contribution in [3.8, 4) is 0 Å². The third-order valence-electron chi connectivity index (χ3n) is 6.82. The number of aliphatic hydroxyl groups is 1. The van der Waals surface area contributed by atoms with Gasteiger partial charge in [0.2, 0.25) is 5.95 Å². The number of aliphatic hydroxyl groups excluding tert-OH is 1. The second kappa shape index (κ2) is 12.6. The zero-order valence-electron chi connectivity index (χ0n) is 22.2. The number of hydrogen-bond donors (Lipinski definition) is 6. The van der Waals surface area contributed by atoms with Gasteiger partial charge in [-0.3, -0.25) is 18.9 Å². The highest BCUT2D eigenvalue weighted by atomic mass is 32.7. The Labute approximate surface area is 264 Å². The van der Waals surface area contributed by atoms with Gasteiger partial charge in [0.05, 0.1) is 18.2 Å². The van der Waals surface area contributed by atoms with Gasteiger partial charge in [0.25, 0.3) is 5.56 Å². The van der Waals surface area contributed by atoms with Crippen LogP contribution >= 0.6 is 38.0 Å². The molecule has 0 radical (unpaired) electrons. The number of alkyl halides is 2. The molecule has 4 aromatic rings. The number of imidazole rings is 1. The van der Waals surface area contributed by atoms with Crippen LogP contribution in [0, 0.1) is 0 Å². The van der Waals surface area contributed by atoms with Crippen LogP contribution in [0.1, 0.15) is 11.6 Å². The number of ether oxygens (including phenoxy) is 1. The molecular formula is C19H22F2N11O8P2S3+. The Morgan fingerprint density at radius 1 is 1.22 bits per heavy atom. The fourth-order valence-electron chi connectivity index (χ4n) is 4.78. The number of aromatic amines is 1. The van der Waals surface area contributed by atoms with Gasteiger partial charge >= 0.3 is 13.9 Å². The first kappa shape index (κ1) is 32.4. The Morgan fingerprint density at radius 3 is 2.76 bits per heavy atom. The number of halogens is 2. The molecule has 0 saturated carbocycles. The lowest BCUT2D eigenvalue weighted by atomic mass is 10.1. The van der Waals surface area contributed by atoms with Gasteiger partial charge in [-0.15, -0.1) is 21.4 Å². The molecule has 19 nitrogen and oxygen atoms in total. The minimum atomic E-state index is -4.35. The van der Waals surface area contributed by atoms with Crippen LogP contribution in [-0.2, 0) is 34.7 Å². The first-order valence-corrected chi connectivity index (χ1v) is 18.5. The zero-order valence-corrected chi connectivity index (χ0v) is 26.5. The maximum atomic E-state index is 15.8. The number of fused-ring (bicyclic) bond motifs is 2. The van der Waals surface area contributed by atoms with Gasteiger partial charge in [-0.2, -0.15) is 9.67 Å². The normalized spacial score (nSPS) is 30.3. The van der Waals surface area contributed by atoms with Crippen molar-refractivity contribution in [2.24, 2.45) is 0 Å². The van der Waals surface area contributed by atoms with Gasteiger partial charge in [0, 0.05) is 0 Å². The number of thioether (sulfide) groups is 1. The quantitative estimate of drug-likeness (QED) is 0.0946. The van der Waals surface area contributed by atoms with Gasteiger partial charge in [-0.25, -0.2) is 23.7 Å². The number of aromatic nitrogens is 9. The highest BCUT2D eigenvalue weighted by molar-refractivity contribution is 8.39. The maximum absolute atomic E-state index is 15.8. The van der Waals surface area contributed by atoms with E-state index in [1.807, 2.05) is 0 Å². The van der Waals surface area contributed by atoms with E-state index in [2.05, 4.69) is 47.5 Å². The molecule has 2 fully saturated rings. The predicted molar refractivity (Wildman–Crippen MR) is 160 cm³/mol. The maximum Gasteiger partial charge on any atom is 0.582 e. The van der Waals surface area contributed by atoms with Gasteiger partial charge in [0.1, 0.15) is 55.0 Å². The summed E-state index contributed by atoms with van der Waals surface area (Å²) in [7, 11) is -2.37. The fraction of sp³-hybridized carbons (Fsp3) is 0.526. The zero-order chi connectivity index (χ0) is 32.2. The van der Waals surface area contributed by atoms with Crippen molar-refractivity contribution in [2.45, 2.75) is 47.5 Å². The van der Waals surface area contributed by atoms with Gasteiger partial charge in [0.15, 0.2) is 40.5 Å². The lowest BCUT2D eigenvalue weighted by Gasteiger charge is -2.27. The Hall–Kier alpha value is -2.50. The molecule has 2 saturated heterocycles. The number of thiol groups is 1. The number of H-pyrrole nitrogens is 1. The monoisotopic (exact) mass is 728 g/mol. The standard InChI is InChI=1S/C19H21F2N11O8P2S3/c20-7-6(2-37-41(35)43)45-18(31-4-26-10-15(31)27-19(23)28-16(10)34)12(7)40-42(36,44)38-1-5-11(33)8(21)17(39-5)32-14-9(29-30-32)13(22)24-3-25-14/h3-8,11-12,17-18,33H,1-2H2,(H6-,22,23,24,25,27,28,30,34,35,36,43,44)/p+1/t5-,6-,7-,8+,11-,12-,17-,18-,42?/m1/s1. The Kier molecular flexibility index (Phi) is 9.08. The first-order chi connectivity index (χ1) is 21.3. The number of rotatable bonds is 10. The molecule has 26 heteroatoms. The molecule has 0 amide bonds. The number of nitrogens with zero attached hydrogens (tertiary/aromatic N) is 8. The third kappa shape index (κ3) is 6.29. The summed E-state index contributed by atoms with van der Waals surface area (Å²) in [5.74, 6) is -0.237. The first-order valence-electron chi connectivity index (χ1n) is 12.6. The van der Waals surface area contributed by atoms with Crippen LogP contribution in [0.25, 0.3) is 22.3 Å². The van der Waals surface area contributed by atoms with Gasteiger partial charge in [-0.05, 0) is 16.4 Å². The second-order valence-electron chi connectivity index (χ2n) is 9.62. The second-order valence-corrected chi connectivity index (χ2v) is 15.5.